The molecule has 0 spiro atoms. The van der Waals surface area contributed by atoms with Crippen molar-refractivity contribution in [1.82, 2.24) is 30.2 Å². The third kappa shape index (κ3) is 18.5. The van der Waals surface area contributed by atoms with Crippen molar-refractivity contribution in [3.63, 3.8) is 0 Å². The number of carbonyl (C=O) groups is 8. The van der Waals surface area contributed by atoms with E-state index in [4.69, 9.17) is 9.47 Å². The maximum atomic E-state index is 14.7. The Balaban J connectivity index is 1.66. The number of halogens is 1. The molecule has 2 saturated heterocycles. The van der Waals surface area contributed by atoms with Gasteiger partial charge in [0.1, 0.15) is 23.9 Å². The Hall–Kier alpha value is -4.62. The molecule has 5 unspecified atom stereocenters. The van der Waals surface area contributed by atoms with E-state index >= 15 is 0 Å². The number of carbonyl (C=O) groups excluding carboxylic acids is 7. The van der Waals surface area contributed by atoms with Crippen LogP contribution in [-0.2, 0) is 54.3 Å². The highest BCUT2D eigenvalue weighted by Gasteiger charge is 2.44. The van der Waals surface area contributed by atoms with Crippen LogP contribution < -0.4 is 10.6 Å². The molecule has 0 saturated carbocycles. The van der Waals surface area contributed by atoms with E-state index < -0.39 is 71.9 Å². The van der Waals surface area contributed by atoms with Crippen LogP contribution in [0.4, 0.5) is 4.39 Å². The minimum absolute atomic E-state index is 0.118. The Kier molecular flexibility index (Phi) is 26.2. The summed E-state index contributed by atoms with van der Waals surface area (Å²) in [7, 11) is 6.15. The molecule has 2 aliphatic rings. The highest BCUT2D eigenvalue weighted by Crippen LogP contribution is 2.31. The van der Waals surface area contributed by atoms with Gasteiger partial charge in [0.15, 0.2) is 0 Å². The van der Waals surface area contributed by atoms with E-state index in [2.05, 4.69) is 31.4 Å². The number of aliphatic carboxylic acids is 1. The number of benzene rings is 1. The molecule has 0 aliphatic carbocycles. The zero-order valence-corrected chi connectivity index (χ0v) is 48.3. The van der Waals surface area contributed by atoms with E-state index in [1.807, 2.05) is 41.5 Å². The zero-order chi connectivity index (χ0) is 56.5. The quantitative estimate of drug-likeness (QED) is 0.0522. The number of hydrogen-bond acceptors (Lipinski definition) is 11. The topological polar surface area (TPSA) is 212 Å². The van der Waals surface area contributed by atoms with E-state index in [1.54, 1.807) is 48.6 Å². The van der Waals surface area contributed by atoms with Crippen molar-refractivity contribution in [2.45, 2.75) is 194 Å². The first-order chi connectivity index (χ1) is 35.2. The summed E-state index contributed by atoms with van der Waals surface area (Å²) < 4.78 is 26.3. The maximum Gasteiger partial charge on any atom is 0.326 e. The highest BCUT2D eigenvalue weighted by atomic mass is 32.2. The van der Waals surface area contributed by atoms with Gasteiger partial charge in [0, 0.05) is 60.7 Å². The number of likely N-dealkylation sites (N-methyl/N-ethyl adjacent to an activating group) is 2. The first-order valence-electron chi connectivity index (χ1n) is 27.1. The molecule has 0 bridgehead atoms. The predicted octanol–water partition coefficient (Wildman–Crippen LogP) is 6.73. The number of ether oxygens (including phenoxy) is 2. The fraction of sp³-hybridized carbons (Fsp3) is 0.750. The van der Waals surface area contributed by atoms with E-state index in [0.717, 1.165) is 18.6 Å². The number of nitrogens with one attached hydrogen (secondary N) is 2. The first kappa shape index (κ1) is 64.7. The lowest BCUT2D eigenvalue weighted by atomic mass is 9.89. The van der Waals surface area contributed by atoms with Crippen LogP contribution in [0.2, 0.25) is 0 Å². The molecule has 19 heteroatoms. The van der Waals surface area contributed by atoms with Gasteiger partial charge in [-0.1, -0.05) is 100 Å². The van der Waals surface area contributed by atoms with Crippen LogP contribution in [0, 0.1) is 34.9 Å². The zero-order valence-electron chi connectivity index (χ0n) is 47.4. The number of imide groups is 1. The predicted molar refractivity (Wildman–Crippen MR) is 289 cm³/mol. The van der Waals surface area contributed by atoms with Gasteiger partial charge in [0.2, 0.25) is 41.4 Å². The summed E-state index contributed by atoms with van der Waals surface area (Å²) in [5, 5.41) is 15.1. The average Bonchev–Trinajstić information content (AvgIpc) is 3.94. The summed E-state index contributed by atoms with van der Waals surface area (Å²) in [6.45, 7) is 20.1. The summed E-state index contributed by atoms with van der Waals surface area (Å²) in [6.07, 6.45) is 3.88. The van der Waals surface area contributed by atoms with Gasteiger partial charge in [-0.2, -0.15) is 0 Å². The number of nitrogens with zero attached hydrogens (tertiary/aromatic N) is 4. The molecule has 0 radical (unpaired) electrons. The fourth-order valence-corrected chi connectivity index (χ4v) is 11.6. The third-order valence-electron chi connectivity index (χ3n) is 15.1. The lowest BCUT2D eigenvalue weighted by molar-refractivity contribution is -0.149. The Morgan fingerprint density at radius 3 is 2.13 bits per heavy atom. The standard InChI is InChI=1S/C56H91FN6O11S/c1-15-36(6)49(42(73-13)32-45(65)62-29-21-25-41(62)50(74-14)37(7)51(67)58-40(55(71)72)31-38-23-18-19-24-39(38)57)61(12)54(70)47(34(2)3)59-52(68)48(35(4)5)60(11)44(64)26-17-16-20-28-63-46(66)33-43(53(63)69)75-30-22-27-56(8,9)10/h18-19,23-24,34-37,40-43,47-50H,15-17,20-22,25-33H2,1-14H3,(H,58,67)(H,59,68)(H,71,72)/t36-,37+,40-,41-,42?,43?,47-,48?,49?,50?/m0/s1. The van der Waals surface area contributed by atoms with Gasteiger partial charge >= 0.3 is 5.97 Å². The molecule has 2 heterocycles. The van der Waals surface area contributed by atoms with Crippen molar-refractivity contribution in [3.05, 3.63) is 35.6 Å². The molecule has 1 aromatic carbocycles. The van der Waals surface area contributed by atoms with Crippen LogP contribution in [-0.4, -0.2) is 167 Å². The lowest BCUT2D eigenvalue weighted by Crippen LogP contribution is -2.60. The minimum atomic E-state index is -1.41. The van der Waals surface area contributed by atoms with Crippen molar-refractivity contribution in [3.8, 4) is 0 Å². The van der Waals surface area contributed by atoms with Gasteiger partial charge < -0.3 is 39.9 Å². The van der Waals surface area contributed by atoms with Crippen molar-refractivity contribution >= 4 is 59.1 Å². The van der Waals surface area contributed by atoms with Crippen molar-refractivity contribution in [2.24, 2.45) is 29.1 Å². The average molecular weight is 1080 g/mol. The molecule has 3 N–H and O–H groups in total. The first-order valence-corrected chi connectivity index (χ1v) is 28.2. The lowest BCUT2D eigenvalue weighted by Gasteiger charge is -2.41. The minimum Gasteiger partial charge on any atom is -0.480 e. The largest absolute Gasteiger partial charge is 0.480 e. The third-order valence-corrected chi connectivity index (χ3v) is 16.4. The van der Waals surface area contributed by atoms with Crippen molar-refractivity contribution in [2.75, 3.05) is 47.2 Å². The molecule has 10 atom stereocenters. The van der Waals surface area contributed by atoms with Crippen LogP contribution in [0.25, 0.3) is 0 Å². The number of carboxylic acids is 1. The molecular formula is C56H91FN6O11S. The summed E-state index contributed by atoms with van der Waals surface area (Å²) in [6, 6.07) is 1.32. The molecule has 75 heavy (non-hydrogen) atoms. The van der Waals surface area contributed by atoms with E-state index in [1.165, 1.54) is 42.2 Å². The number of amides is 7. The Morgan fingerprint density at radius 2 is 1.56 bits per heavy atom. The van der Waals surface area contributed by atoms with Gasteiger partial charge in [-0.05, 0) is 79.1 Å². The van der Waals surface area contributed by atoms with Crippen LogP contribution in [0.5, 0.6) is 0 Å². The maximum absolute atomic E-state index is 14.7. The van der Waals surface area contributed by atoms with Gasteiger partial charge in [-0.3, -0.25) is 38.5 Å². The van der Waals surface area contributed by atoms with Crippen molar-refractivity contribution in [1.29, 1.82) is 0 Å². The van der Waals surface area contributed by atoms with Crippen LogP contribution in [0.3, 0.4) is 0 Å². The molecule has 1 aromatic rings. The number of unbranched alkanes of at least 4 members (excludes halogenated alkanes) is 2. The molecule has 2 fully saturated rings. The Labute approximate surface area is 450 Å². The van der Waals surface area contributed by atoms with Gasteiger partial charge in [0.25, 0.3) is 0 Å². The number of methoxy groups -OCH3 is 2. The summed E-state index contributed by atoms with van der Waals surface area (Å²) >= 11 is 1.56. The van der Waals surface area contributed by atoms with Crippen LogP contribution in [0.1, 0.15) is 145 Å². The van der Waals surface area contributed by atoms with Gasteiger partial charge in [0.05, 0.1) is 41.9 Å². The summed E-state index contributed by atoms with van der Waals surface area (Å²) in [4.78, 5) is 114. The van der Waals surface area contributed by atoms with Crippen LogP contribution in [0.15, 0.2) is 24.3 Å². The SMILES string of the molecule is CC[C@H](C)C(C(CC(=O)N1CCC[C@H]1C(OC)[C@@H](C)C(=O)N[C@@H](Cc1ccccc1F)C(=O)O)OC)N(C)C(=O)[C@@H](NC(=O)C(C(C)C)N(C)C(=O)CCCCCN1C(=O)CC(SCCCC(C)(C)C)C1=O)C(C)C. The Morgan fingerprint density at radius 1 is 0.893 bits per heavy atom. The van der Waals surface area contributed by atoms with E-state index in [-0.39, 0.29) is 89.2 Å². The molecule has 7 amide bonds. The van der Waals surface area contributed by atoms with Crippen molar-refractivity contribution < 1.29 is 57.3 Å². The second-order valence-electron chi connectivity index (χ2n) is 22.6. The highest BCUT2D eigenvalue weighted by molar-refractivity contribution is 8.00. The number of hydrogen-bond donors (Lipinski definition) is 3. The molecular weight excluding hydrogens is 984 g/mol. The normalized spacial score (nSPS) is 19.3. The van der Waals surface area contributed by atoms with Crippen LogP contribution >= 0.6 is 11.8 Å². The number of likely N-dealkylation sites (tertiary alicyclic amines) is 2. The Bertz CT molecular complexity index is 2090. The molecule has 0 aromatic heterocycles. The molecule has 424 valence electrons. The van der Waals surface area contributed by atoms with E-state index in [9.17, 15) is 47.9 Å². The summed E-state index contributed by atoms with van der Waals surface area (Å²) in [5.41, 5.74) is 0.362. The monoisotopic (exact) mass is 1070 g/mol. The van der Waals surface area contributed by atoms with Gasteiger partial charge in [-0.25, -0.2) is 9.18 Å². The smallest absolute Gasteiger partial charge is 0.326 e. The summed E-state index contributed by atoms with van der Waals surface area (Å²) in [5.74, 6) is -5.09. The second-order valence-corrected chi connectivity index (χ2v) is 23.9. The fourth-order valence-electron chi connectivity index (χ4n) is 10.5. The van der Waals surface area contributed by atoms with Gasteiger partial charge in [-0.15, -0.1) is 11.8 Å². The number of rotatable bonds is 31. The molecule has 17 nitrogen and oxygen atoms in total. The molecule has 3 rings (SSSR count). The number of thioether (sulfide) groups is 1. The molecule has 2 aliphatic heterocycles. The number of carboxylic acid groups (broad SMARTS) is 1. The van der Waals surface area contributed by atoms with E-state index in [0.29, 0.717) is 51.6 Å². The second kappa shape index (κ2) is 30.4.